The number of rotatable bonds is 4. The second kappa shape index (κ2) is 6.10. The van der Waals surface area contributed by atoms with Crippen LogP contribution in [-0.4, -0.2) is 30.3 Å². The van der Waals surface area contributed by atoms with Crippen molar-refractivity contribution in [2.75, 3.05) is 14.1 Å². The maximum Gasteiger partial charge on any atom is 0.152 e. The number of nitrogens with zero attached hydrogens (tertiary/aromatic N) is 2. The van der Waals surface area contributed by atoms with Crippen molar-refractivity contribution in [1.29, 1.82) is 0 Å². The Morgan fingerprint density at radius 1 is 1.15 bits per heavy atom. The summed E-state index contributed by atoms with van der Waals surface area (Å²) < 4.78 is 13.4. The van der Waals surface area contributed by atoms with Gasteiger partial charge < -0.3 is 4.90 Å². The van der Waals surface area contributed by atoms with Crippen molar-refractivity contribution in [3.8, 4) is 0 Å². The van der Waals surface area contributed by atoms with E-state index in [0.717, 1.165) is 11.8 Å². The summed E-state index contributed by atoms with van der Waals surface area (Å²) in [6.07, 6.45) is 4.03. The van der Waals surface area contributed by atoms with Crippen LogP contribution < -0.4 is 0 Å². The van der Waals surface area contributed by atoms with E-state index in [1.165, 1.54) is 12.1 Å². The van der Waals surface area contributed by atoms with Gasteiger partial charge >= 0.3 is 0 Å². The number of aromatic nitrogens is 1. The van der Waals surface area contributed by atoms with Crippen LogP contribution in [-0.2, 0) is 4.79 Å². The molecule has 0 unspecified atom stereocenters. The van der Waals surface area contributed by atoms with Crippen LogP contribution in [0.15, 0.2) is 48.8 Å². The molecule has 0 aliphatic rings. The van der Waals surface area contributed by atoms with Crippen molar-refractivity contribution in [2.45, 2.75) is 0 Å². The van der Waals surface area contributed by atoms with Gasteiger partial charge in [0.25, 0.3) is 0 Å². The minimum atomic E-state index is -0.332. The largest absolute Gasteiger partial charge is 0.377 e. The molecule has 0 saturated heterocycles. The first kappa shape index (κ1) is 13.9. The number of benzene rings is 1. The molecule has 4 heteroatoms. The summed E-state index contributed by atoms with van der Waals surface area (Å²) in [6, 6.07) is 9.72. The minimum absolute atomic E-state index is 0.332. The van der Waals surface area contributed by atoms with E-state index in [1.54, 1.807) is 41.6 Å². The number of hydrogen-bond acceptors (Lipinski definition) is 3. The molecule has 0 atom stereocenters. The van der Waals surface area contributed by atoms with E-state index in [2.05, 4.69) is 4.98 Å². The molecule has 0 radical (unpaired) electrons. The smallest absolute Gasteiger partial charge is 0.152 e. The van der Waals surface area contributed by atoms with E-state index in [9.17, 15) is 9.18 Å². The SMILES string of the molecule is CN(C)C(=C(C=O)c1ccncc1)c1cccc(F)c1. The maximum absolute atomic E-state index is 13.4. The van der Waals surface area contributed by atoms with Gasteiger partial charge in [-0.2, -0.15) is 0 Å². The number of halogens is 1. The highest BCUT2D eigenvalue weighted by Crippen LogP contribution is 2.26. The summed E-state index contributed by atoms with van der Waals surface area (Å²) in [5, 5.41) is 0. The molecule has 1 aromatic heterocycles. The van der Waals surface area contributed by atoms with Crippen molar-refractivity contribution in [3.05, 3.63) is 65.7 Å². The van der Waals surface area contributed by atoms with E-state index in [-0.39, 0.29) is 5.82 Å². The fourth-order valence-corrected chi connectivity index (χ4v) is 2.08. The average molecular weight is 270 g/mol. The van der Waals surface area contributed by atoms with Gasteiger partial charge in [0.15, 0.2) is 6.29 Å². The lowest BCUT2D eigenvalue weighted by atomic mass is 10.0. The molecule has 0 aliphatic carbocycles. The molecule has 0 spiro atoms. The van der Waals surface area contributed by atoms with E-state index in [1.807, 2.05) is 14.1 Å². The van der Waals surface area contributed by atoms with Crippen LogP contribution in [0.25, 0.3) is 11.3 Å². The molecule has 1 heterocycles. The zero-order chi connectivity index (χ0) is 14.5. The van der Waals surface area contributed by atoms with Crippen LogP contribution in [0.3, 0.4) is 0 Å². The Morgan fingerprint density at radius 2 is 1.85 bits per heavy atom. The third-order valence-corrected chi connectivity index (χ3v) is 2.91. The molecule has 0 fully saturated rings. The van der Waals surface area contributed by atoms with Gasteiger partial charge in [0.05, 0.1) is 5.70 Å². The summed E-state index contributed by atoms with van der Waals surface area (Å²) in [7, 11) is 3.65. The van der Waals surface area contributed by atoms with E-state index < -0.39 is 0 Å². The van der Waals surface area contributed by atoms with Gasteiger partial charge in [0.2, 0.25) is 0 Å². The summed E-state index contributed by atoms with van der Waals surface area (Å²) in [4.78, 5) is 17.3. The summed E-state index contributed by atoms with van der Waals surface area (Å²) in [5.74, 6) is -0.332. The van der Waals surface area contributed by atoms with Crippen molar-refractivity contribution >= 4 is 17.6 Å². The lowest BCUT2D eigenvalue weighted by Gasteiger charge is -2.20. The van der Waals surface area contributed by atoms with Gasteiger partial charge in [-0.1, -0.05) is 12.1 Å². The Hall–Kier alpha value is -2.49. The molecule has 0 N–H and O–H groups in total. The molecule has 20 heavy (non-hydrogen) atoms. The minimum Gasteiger partial charge on any atom is -0.377 e. The lowest BCUT2D eigenvalue weighted by molar-refractivity contribution is -0.103. The molecular formula is C16H15FN2O. The molecular weight excluding hydrogens is 255 g/mol. The van der Waals surface area contributed by atoms with Crippen LogP contribution in [0, 0.1) is 5.82 Å². The average Bonchev–Trinajstić information content (AvgIpc) is 2.45. The van der Waals surface area contributed by atoms with Gasteiger partial charge in [-0.25, -0.2) is 4.39 Å². The molecule has 2 rings (SSSR count). The molecule has 102 valence electrons. The third-order valence-electron chi connectivity index (χ3n) is 2.91. The first-order valence-electron chi connectivity index (χ1n) is 6.16. The van der Waals surface area contributed by atoms with E-state index in [0.29, 0.717) is 16.8 Å². The number of carbonyl (C=O) groups excluding carboxylic acids is 1. The summed E-state index contributed by atoms with van der Waals surface area (Å²) in [6.45, 7) is 0. The molecule has 1 aromatic carbocycles. The molecule has 0 amide bonds. The summed E-state index contributed by atoms with van der Waals surface area (Å²) in [5.41, 5.74) is 2.59. The Bertz CT molecular complexity index is 636. The fraction of sp³-hybridized carbons (Fsp3) is 0.125. The van der Waals surface area contributed by atoms with Crippen LogP contribution in [0.5, 0.6) is 0 Å². The number of aldehydes is 1. The predicted molar refractivity (Wildman–Crippen MR) is 77.2 cm³/mol. The highest BCUT2D eigenvalue weighted by molar-refractivity contribution is 6.16. The highest BCUT2D eigenvalue weighted by Gasteiger charge is 2.13. The van der Waals surface area contributed by atoms with Crippen LogP contribution >= 0.6 is 0 Å². The van der Waals surface area contributed by atoms with Gasteiger partial charge in [0.1, 0.15) is 5.82 Å². The first-order chi connectivity index (χ1) is 9.63. The van der Waals surface area contributed by atoms with E-state index in [4.69, 9.17) is 0 Å². The zero-order valence-corrected chi connectivity index (χ0v) is 11.4. The first-order valence-corrected chi connectivity index (χ1v) is 6.16. The quantitative estimate of drug-likeness (QED) is 0.632. The molecule has 2 aromatic rings. The van der Waals surface area contributed by atoms with Gasteiger partial charge in [-0.15, -0.1) is 0 Å². The third kappa shape index (κ3) is 2.91. The number of carbonyl (C=O) groups is 1. The second-order valence-electron chi connectivity index (χ2n) is 4.52. The van der Waals surface area contributed by atoms with Crippen LogP contribution in [0.1, 0.15) is 11.1 Å². The van der Waals surface area contributed by atoms with Crippen molar-refractivity contribution in [2.24, 2.45) is 0 Å². The maximum atomic E-state index is 13.4. The van der Waals surface area contributed by atoms with Gasteiger partial charge in [0, 0.05) is 37.6 Å². The van der Waals surface area contributed by atoms with Crippen molar-refractivity contribution in [3.63, 3.8) is 0 Å². The number of hydrogen-bond donors (Lipinski definition) is 0. The molecule has 3 nitrogen and oxygen atoms in total. The monoisotopic (exact) mass is 270 g/mol. The highest BCUT2D eigenvalue weighted by atomic mass is 19.1. The number of allylic oxidation sites excluding steroid dienone is 1. The lowest BCUT2D eigenvalue weighted by Crippen LogP contribution is -2.13. The van der Waals surface area contributed by atoms with Crippen LogP contribution in [0.2, 0.25) is 0 Å². The fourth-order valence-electron chi connectivity index (χ4n) is 2.08. The molecule has 0 aliphatic heterocycles. The zero-order valence-electron chi connectivity index (χ0n) is 11.4. The van der Waals surface area contributed by atoms with Gasteiger partial charge in [-0.05, 0) is 29.8 Å². The Kier molecular flexibility index (Phi) is 4.25. The molecule has 0 bridgehead atoms. The Morgan fingerprint density at radius 3 is 2.40 bits per heavy atom. The molecule has 0 saturated carbocycles. The van der Waals surface area contributed by atoms with Gasteiger partial charge in [-0.3, -0.25) is 9.78 Å². The normalized spacial score (nSPS) is 11.8. The number of pyridine rings is 1. The second-order valence-corrected chi connectivity index (χ2v) is 4.52. The standard InChI is InChI=1S/C16H15FN2O/c1-19(2)16(13-4-3-5-14(17)10-13)15(11-20)12-6-8-18-9-7-12/h3-11H,1-2H3. The van der Waals surface area contributed by atoms with E-state index >= 15 is 0 Å². The predicted octanol–water partition coefficient (Wildman–Crippen LogP) is 2.85. The Labute approximate surface area is 117 Å². The van der Waals surface area contributed by atoms with Crippen molar-refractivity contribution in [1.82, 2.24) is 9.88 Å². The topological polar surface area (TPSA) is 33.2 Å². The van der Waals surface area contributed by atoms with Crippen LogP contribution in [0.4, 0.5) is 4.39 Å². The van der Waals surface area contributed by atoms with Crippen molar-refractivity contribution < 1.29 is 9.18 Å². The summed E-state index contributed by atoms with van der Waals surface area (Å²) >= 11 is 0. The Balaban J connectivity index is 2.67.